The van der Waals surface area contributed by atoms with Crippen LogP contribution in [0.25, 0.3) is 21.5 Å². The van der Waals surface area contributed by atoms with Crippen molar-refractivity contribution in [2.45, 2.75) is 27.3 Å². The van der Waals surface area contributed by atoms with Crippen LogP contribution in [0.4, 0.5) is 5.69 Å². The molecule has 0 fully saturated rings. The number of fused-ring (bicyclic) bond motifs is 2. The van der Waals surface area contributed by atoms with Crippen LogP contribution in [-0.2, 0) is 6.54 Å². The molecular weight excluding hydrogens is 360 g/mol. The van der Waals surface area contributed by atoms with Crippen molar-refractivity contribution >= 4 is 33.1 Å². The molecular formula is C25H24N2O2. The molecule has 0 saturated heterocycles. The van der Waals surface area contributed by atoms with Crippen LogP contribution < -0.4 is 10.9 Å². The second-order valence-corrected chi connectivity index (χ2v) is 8.56. The average Bonchev–Trinajstić information content (AvgIpc) is 2.69. The van der Waals surface area contributed by atoms with E-state index in [1.165, 1.54) is 0 Å². The van der Waals surface area contributed by atoms with E-state index in [2.05, 4.69) is 26.1 Å². The lowest BCUT2D eigenvalue weighted by atomic mass is 9.96. The average molecular weight is 384 g/mol. The molecule has 1 aromatic heterocycles. The number of aromatic nitrogens is 1. The summed E-state index contributed by atoms with van der Waals surface area (Å²) in [6.45, 7) is 6.94. The summed E-state index contributed by atoms with van der Waals surface area (Å²) in [5.74, 6) is -0.187. The third-order valence-corrected chi connectivity index (χ3v) is 4.95. The molecule has 0 aliphatic rings. The van der Waals surface area contributed by atoms with Gasteiger partial charge in [-0.05, 0) is 40.5 Å². The van der Waals surface area contributed by atoms with E-state index in [0.717, 1.165) is 16.2 Å². The number of amides is 1. The molecule has 0 radical (unpaired) electrons. The summed E-state index contributed by atoms with van der Waals surface area (Å²) in [5, 5.41) is 6.27. The summed E-state index contributed by atoms with van der Waals surface area (Å²) in [4.78, 5) is 26.0. The number of pyridine rings is 1. The zero-order chi connectivity index (χ0) is 20.6. The number of anilines is 1. The number of benzene rings is 3. The van der Waals surface area contributed by atoms with Gasteiger partial charge in [-0.3, -0.25) is 9.59 Å². The molecule has 1 heterocycles. The van der Waals surface area contributed by atoms with E-state index in [4.69, 9.17) is 0 Å². The Morgan fingerprint density at radius 2 is 1.55 bits per heavy atom. The Morgan fingerprint density at radius 1 is 0.862 bits per heavy atom. The van der Waals surface area contributed by atoms with Gasteiger partial charge in [0.15, 0.2) is 0 Å². The fourth-order valence-electron chi connectivity index (χ4n) is 3.68. The Hall–Kier alpha value is -3.40. The van der Waals surface area contributed by atoms with E-state index in [0.29, 0.717) is 23.2 Å². The fourth-order valence-corrected chi connectivity index (χ4v) is 3.68. The Bertz CT molecular complexity index is 1270. The predicted molar refractivity (Wildman–Crippen MR) is 120 cm³/mol. The second kappa shape index (κ2) is 7.21. The molecule has 4 heteroatoms. The summed E-state index contributed by atoms with van der Waals surface area (Å²) in [5.41, 5.74) is 1.21. The van der Waals surface area contributed by atoms with Crippen molar-refractivity contribution < 1.29 is 4.79 Å². The lowest BCUT2D eigenvalue weighted by molar-refractivity contribution is 0.102. The van der Waals surface area contributed by atoms with Gasteiger partial charge in [-0.25, -0.2) is 0 Å². The lowest BCUT2D eigenvalue weighted by Crippen LogP contribution is -2.26. The van der Waals surface area contributed by atoms with E-state index < -0.39 is 0 Å². The van der Waals surface area contributed by atoms with Crippen LogP contribution in [0.15, 0.2) is 77.7 Å². The molecule has 0 atom stereocenters. The van der Waals surface area contributed by atoms with Crippen LogP contribution in [0, 0.1) is 5.41 Å². The highest BCUT2D eigenvalue weighted by Crippen LogP contribution is 2.24. The number of nitrogens with one attached hydrogen (secondary N) is 1. The van der Waals surface area contributed by atoms with Crippen molar-refractivity contribution in [1.82, 2.24) is 4.57 Å². The van der Waals surface area contributed by atoms with Gasteiger partial charge in [-0.15, -0.1) is 0 Å². The van der Waals surface area contributed by atoms with Crippen LogP contribution in [0.1, 0.15) is 31.1 Å². The van der Waals surface area contributed by atoms with Gasteiger partial charge in [0.1, 0.15) is 0 Å². The van der Waals surface area contributed by atoms with Crippen LogP contribution in [0.5, 0.6) is 0 Å². The molecule has 0 aliphatic carbocycles. The van der Waals surface area contributed by atoms with E-state index in [-0.39, 0.29) is 16.9 Å². The summed E-state index contributed by atoms with van der Waals surface area (Å²) < 4.78 is 1.73. The molecule has 1 amide bonds. The summed E-state index contributed by atoms with van der Waals surface area (Å²) in [6, 6.07) is 20.9. The Morgan fingerprint density at radius 3 is 2.34 bits per heavy atom. The third-order valence-electron chi connectivity index (χ3n) is 4.95. The van der Waals surface area contributed by atoms with Gasteiger partial charge in [0, 0.05) is 34.8 Å². The van der Waals surface area contributed by atoms with Crippen LogP contribution in [-0.4, -0.2) is 10.5 Å². The first-order valence-electron chi connectivity index (χ1n) is 9.75. The number of hydrogen-bond donors (Lipinski definition) is 1. The van der Waals surface area contributed by atoms with Crippen molar-refractivity contribution in [3.05, 3.63) is 88.8 Å². The van der Waals surface area contributed by atoms with Gasteiger partial charge in [0.2, 0.25) is 0 Å². The van der Waals surface area contributed by atoms with Crippen molar-refractivity contribution in [2.75, 3.05) is 5.32 Å². The molecule has 1 N–H and O–H groups in total. The smallest absolute Gasteiger partial charge is 0.258 e. The Kier molecular flexibility index (Phi) is 4.71. The number of rotatable bonds is 3. The second-order valence-electron chi connectivity index (χ2n) is 8.56. The predicted octanol–water partition coefficient (Wildman–Crippen LogP) is 5.45. The van der Waals surface area contributed by atoms with Crippen molar-refractivity contribution in [1.29, 1.82) is 0 Å². The highest BCUT2D eigenvalue weighted by molar-refractivity contribution is 6.15. The zero-order valence-corrected chi connectivity index (χ0v) is 16.9. The molecule has 3 aromatic carbocycles. The molecule has 0 bridgehead atoms. The minimum absolute atomic E-state index is 0.00229. The van der Waals surface area contributed by atoms with E-state index >= 15 is 0 Å². The first-order chi connectivity index (χ1) is 13.8. The Labute approximate surface area is 169 Å². The molecule has 0 saturated carbocycles. The zero-order valence-electron chi connectivity index (χ0n) is 16.9. The van der Waals surface area contributed by atoms with E-state index in [1.807, 2.05) is 72.9 Å². The largest absolute Gasteiger partial charge is 0.321 e. The first kappa shape index (κ1) is 18.9. The van der Waals surface area contributed by atoms with Gasteiger partial charge < -0.3 is 9.88 Å². The lowest BCUT2D eigenvalue weighted by Gasteiger charge is -2.20. The van der Waals surface area contributed by atoms with E-state index in [9.17, 15) is 9.59 Å². The SMILES string of the molecule is CC(C)(C)Cn1ccc2c(NC(=O)c3cccc4ccccc34)cccc2c1=O. The number of hydrogen-bond acceptors (Lipinski definition) is 2. The normalized spacial score (nSPS) is 11.7. The van der Waals surface area contributed by atoms with Crippen LogP contribution in [0.3, 0.4) is 0 Å². The minimum atomic E-state index is -0.187. The molecule has 0 aliphatic heterocycles. The van der Waals surface area contributed by atoms with Gasteiger partial charge in [0.05, 0.1) is 0 Å². The summed E-state index contributed by atoms with van der Waals surface area (Å²) in [7, 11) is 0. The summed E-state index contributed by atoms with van der Waals surface area (Å²) >= 11 is 0. The van der Waals surface area contributed by atoms with Gasteiger partial charge >= 0.3 is 0 Å². The topological polar surface area (TPSA) is 51.1 Å². The number of nitrogens with zero attached hydrogens (tertiary/aromatic N) is 1. The molecule has 0 spiro atoms. The quantitative estimate of drug-likeness (QED) is 0.510. The third kappa shape index (κ3) is 3.79. The maximum atomic E-state index is 13.0. The van der Waals surface area contributed by atoms with Crippen LogP contribution in [0.2, 0.25) is 0 Å². The van der Waals surface area contributed by atoms with Crippen molar-refractivity contribution in [3.8, 4) is 0 Å². The highest BCUT2D eigenvalue weighted by Gasteiger charge is 2.15. The van der Waals surface area contributed by atoms with Crippen molar-refractivity contribution in [2.24, 2.45) is 5.41 Å². The Balaban J connectivity index is 1.74. The first-order valence-corrected chi connectivity index (χ1v) is 9.75. The van der Waals surface area contributed by atoms with E-state index in [1.54, 1.807) is 4.57 Å². The molecule has 29 heavy (non-hydrogen) atoms. The molecule has 0 unspecified atom stereocenters. The van der Waals surface area contributed by atoms with Gasteiger partial charge in [-0.2, -0.15) is 0 Å². The maximum absolute atomic E-state index is 13.0. The highest BCUT2D eigenvalue weighted by atomic mass is 16.1. The fraction of sp³-hybridized carbons (Fsp3) is 0.200. The van der Waals surface area contributed by atoms with Gasteiger partial charge in [0.25, 0.3) is 11.5 Å². The van der Waals surface area contributed by atoms with Crippen molar-refractivity contribution in [3.63, 3.8) is 0 Å². The number of carbonyl (C=O) groups excluding carboxylic acids is 1. The molecule has 146 valence electrons. The molecule has 4 aromatic rings. The van der Waals surface area contributed by atoms with Gasteiger partial charge in [-0.1, -0.05) is 63.2 Å². The van der Waals surface area contributed by atoms with Crippen LogP contribution >= 0.6 is 0 Å². The maximum Gasteiger partial charge on any atom is 0.258 e. The molecule has 4 rings (SSSR count). The monoisotopic (exact) mass is 384 g/mol. The summed E-state index contributed by atoms with van der Waals surface area (Å²) in [6.07, 6.45) is 1.81. The number of carbonyl (C=O) groups is 1. The standard InChI is InChI=1S/C25H24N2O2/c1-25(2,3)16-27-15-14-19-21(24(27)29)12-7-13-22(19)26-23(28)20-11-6-9-17-8-4-5-10-18(17)20/h4-15H,16H2,1-3H3,(H,26,28). The molecule has 4 nitrogen and oxygen atoms in total. The minimum Gasteiger partial charge on any atom is -0.321 e.